The van der Waals surface area contributed by atoms with Crippen molar-refractivity contribution in [2.45, 2.75) is 51.5 Å². The number of nitrogens with two attached hydrogens (primary N) is 1. The summed E-state index contributed by atoms with van der Waals surface area (Å²) >= 11 is 0. The summed E-state index contributed by atoms with van der Waals surface area (Å²) in [4.78, 5) is 11.4. The smallest absolute Gasteiger partial charge is 0.305 e. The number of ether oxygens (including phenoxy) is 2. The Kier molecular flexibility index (Phi) is 5.62. The van der Waals surface area contributed by atoms with Gasteiger partial charge in [0.2, 0.25) is 0 Å². The third-order valence-electron chi connectivity index (χ3n) is 4.03. The van der Waals surface area contributed by atoms with Crippen LogP contribution in [0.15, 0.2) is 18.2 Å². The van der Waals surface area contributed by atoms with Crippen molar-refractivity contribution >= 4 is 5.97 Å². The highest BCUT2D eigenvalue weighted by Gasteiger charge is 2.31. The van der Waals surface area contributed by atoms with Crippen molar-refractivity contribution in [2.24, 2.45) is 5.73 Å². The largest absolute Gasteiger partial charge is 0.494 e. The van der Waals surface area contributed by atoms with Crippen LogP contribution in [0.25, 0.3) is 0 Å². The molecule has 0 bridgehead atoms. The summed E-state index contributed by atoms with van der Waals surface area (Å²) in [6.07, 6.45) is 3.06. The lowest BCUT2D eigenvalue weighted by atomic mass is 9.93. The van der Waals surface area contributed by atoms with Crippen molar-refractivity contribution in [3.63, 3.8) is 0 Å². The molecular weight excluding hydrogens is 266 g/mol. The molecule has 0 radical (unpaired) electrons. The van der Waals surface area contributed by atoms with Gasteiger partial charge < -0.3 is 15.2 Å². The highest BCUT2D eigenvalue weighted by Crippen LogP contribution is 2.40. The second kappa shape index (κ2) is 7.46. The van der Waals surface area contributed by atoms with Gasteiger partial charge in [0.25, 0.3) is 0 Å². The zero-order valence-corrected chi connectivity index (χ0v) is 12.9. The van der Waals surface area contributed by atoms with Crippen molar-refractivity contribution in [2.75, 3.05) is 13.2 Å². The minimum Gasteiger partial charge on any atom is -0.494 e. The van der Waals surface area contributed by atoms with E-state index in [0.29, 0.717) is 25.6 Å². The monoisotopic (exact) mass is 291 g/mol. The Labute approximate surface area is 126 Å². The van der Waals surface area contributed by atoms with E-state index in [-0.39, 0.29) is 12.0 Å². The summed E-state index contributed by atoms with van der Waals surface area (Å²) < 4.78 is 10.7. The number of rotatable bonds is 7. The molecule has 0 aliphatic heterocycles. The number of esters is 1. The van der Waals surface area contributed by atoms with Gasteiger partial charge in [-0.1, -0.05) is 12.1 Å². The van der Waals surface area contributed by atoms with E-state index in [2.05, 4.69) is 6.07 Å². The van der Waals surface area contributed by atoms with Gasteiger partial charge in [-0.3, -0.25) is 4.79 Å². The Morgan fingerprint density at radius 3 is 2.86 bits per heavy atom. The number of carbonyl (C=O) groups excluding carboxylic acids is 1. The van der Waals surface area contributed by atoms with Gasteiger partial charge in [0.1, 0.15) is 5.75 Å². The van der Waals surface area contributed by atoms with Crippen LogP contribution in [0.3, 0.4) is 0 Å². The molecule has 2 atom stereocenters. The first-order valence-corrected chi connectivity index (χ1v) is 7.83. The van der Waals surface area contributed by atoms with Crippen LogP contribution in [0.5, 0.6) is 5.75 Å². The average Bonchev–Trinajstić information content (AvgIpc) is 2.77. The molecule has 2 N–H and O–H groups in total. The van der Waals surface area contributed by atoms with E-state index in [1.807, 2.05) is 26.0 Å². The molecule has 0 saturated heterocycles. The second-order valence-electron chi connectivity index (χ2n) is 5.43. The first kappa shape index (κ1) is 15.8. The molecular formula is C17H25NO3. The maximum absolute atomic E-state index is 11.4. The van der Waals surface area contributed by atoms with Crippen molar-refractivity contribution in [1.82, 2.24) is 0 Å². The van der Waals surface area contributed by atoms with Gasteiger partial charge in [-0.25, -0.2) is 0 Å². The first-order chi connectivity index (χ1) is 10.2. The Morgan fingerprint density at radius 2 is 2.14 bits per heavy atom. The summed E-state index contributed by atoms with van der Waals surface area (Å²) in [6.45, 7) is 4.93. The van der Waals surface area contributed by atoms with E-state index in [0.717, 1.165) is 25.0 Å². The Morgan fingerprint density at radius 1 is 1.33 bits per heavy atom. The van der Waals surface area contributed by atoms with Gasteiger partial charge in [0.15, 0.2) is 0 Å². The highest BCUT2D eigenvalue weighted by molar-refractivity contribution is 5.69. The Bertz CT molecular complexity index is 487. The quantitative estimate of drug-likeness (QED) is 0.785. The van der Waals surface area contributed by atoms with Gasteiger partial charge in [0.05, 0.1) is 13.2 Å². The molecule has 0 amide bonds. The Balaban J connectivity index is 2.00. The summed E-state index contributed by atoms with van der Waals surface area (Å²) in [6, 6.07) is 6.29. The van der Waals surface area contributed by atoms with E-state index in [1.165, 1.54) is 11.1 Å². The Hall–Kier alpha value is -1.55. The summed E-state index contributed by atoms with van der Waals surface area (Å²) in [5.74, 6) is 1.15. The summed E-state index contributed by atoms with van der Waals surface area (Å²) in [5, 5.41) is 0. The van der Waals surface area contributed by atoms with E-state index in [1.54, 1.807) is 0 Å². The fourth-order valence-electron chi connectivity index (χ4n) is 3.12. The number of hydrogen-bond donors (Lipinski definition) is 1. The minimum absolute atomic E-state index is 0.115. The minimum atomic E-state index is -0.118. The van der Waals surface area contributed by atoms with Crippen LogP contribution >= 0.6 is 0 Å². The molecule has 1 aromatic rings. The van der Waals surface area contributed by atoms with Crippen LogP contribution < -0.4 is 10.5 Å². The molecule has 0 spiro atoms. The van der Waals surface area contributed by atoms with E-state index in [9.17, 15) is 4.79 Å². The van der Waals surface area contributed by atoms with Crippen molar-refractivity contribution in [3.8, 4) is 5.75 Å². The van der Waals surface area contributed by atoms with Gasteiger partial charge >= 0.3 is 5.97 Å². The number of fused-ring (bicyclic) bond motifs is 1. The SMILES string of the molecule is CCOC(=O)CCCC1c2cccc(OCC)c2CC1N. The molecule has 0 heterocycles. The molecule has 4 nitrogen and oxygen atoms in total. The van der Waals surface area contributed by atoms with E-state index < -0.39 is 0 Å². The zero-order valence-electron chi connectivity index (χ0n) is 12.9. The predicted molar refractivity (Wildman–Crippen MR) is 82.5 cm³/mol. The topological polar surface area (TPSA) is 61.5 Å². The predicted octanol–water partition coefficient (Wildman–Crippen LogP) is 2.79. The molecule has 21 heavy (non-hydrogen) atoms. The molecule has 0 aromatic heterocycles. The van der Waals surface area contributed by atoms with Crippen molar-refractivity contribution < 1.29 is 14.3 Å². The summed E-state index contributed by atoms with van der Waals surface area (Å²) in [5.41, 5.74) is 8.83. The molecule has 1 aromatic carbocycles. The average molecular weight is 291 g/mol. The van der Waals surface area contributed by atoms with Crippen LogP contribution in [0.1, 0.15) is 50.2 Å². The van der Waals surface area contributed by atoms with Gasteiger partial charge in [0, 0.05) is 12.5 Å². The third-order valence-corrected chi connectivity index (χ3v) is 4.03. The van der Waals surface area contributed by atoms with Crippen LogP contribution in [0.2, 0.25) is 0 Å². The molecule has 0 fully saturated rings. The first-order valence-electron chi connectivity index (χ1n) is 7.83. The molecule has 4 heteroatoms. The fourth-order valence-corrected chi connectivity index (χ4v) is 3.12. The van der Waals surface area contributed by atoms with Crippen LogP contribution in [-0.2, 0) is 16.0 Å². The molecule has 1 aliphatic rings. The normalized spacial score (nSPS) is 20.1. The van der Waals surface area contributed by atoms with Gasteiger partial charge in [-0.05, 0) is 56.2 Å². The van der Waals surface area contributed by atoms with Crippen LogP contribution in [0, 0.1) is 0 Å². The van der Waals surface area contributed by atoms with Crippen LogP contribution in [-0.4, -0.2) is 25.2 Å². The van der Waals surface area contributed by atoms with E-state index in [4.69, 9.17) is 15.2 Å². The summed E-state index contributed by atoms with van der Waals surface area (Å²) in [7, 11) is 0. The van der Waals surface area contributed by atoms with Gasteiger partial charge in [-0.15, -0.1) is 0 Å². The van der Waals surface area contributed by atoms with E-state index >= 15 is 0 Å². The number of carbonyl (C=O) groups is 1. The lowest BCUT2D eigenvalue weighted by Gasteiger charge is -2.16. The van der Waals surface area contributed by atoms with Crippen LogP contribution in [0.4, 0.5) is 0 Å². The molecule has 0 saturated carbocycles. The van der Waals surface area contributed by atoms with Gasteiger partial charge in [-0.2, -0.15) is 0 Å². The van der Waals surface area contributed by atoms with Crippen molar-refractivity contribution in [3.05, 3.63) is 29.3 Å². The zero-order chi connectivity index (χ0) is 15.2. The maximum atomic E-state index is 11.4. The van der Waals surface area contributed by atoms with Crippen molar-refractivity contribution in [1.29, 1.82) is 0 Å². The standard InChI is InChI=1S/C17H25NO3/c1-3-20-16-9-5-7-12-13(15(18)11-14(12)16)8-6-10-17(19)21-4-2/h5,7,9,13,15H,3-4,6,8,10-11,18H2,1-2H3. The molecule has 2 rings (SSSR count). The maximum Gasteiger partial charge on any atom is 0.305 e. The number of hydrogen-bond acceptors (Lipinski definition) is 4. The number of benzene rings is 1. The second-order valence-corrected chi connectivity index (χ2v) is 5.43. The molecule has 2 unspecified atom stereocenters. The molecule has 116 valence electrons. The lowest BCUT2D eigenvalue weighted by Crippen LogP contribution is -2.25. The molecule has 1 aliphatic carbocycles. The fraction of sp³-hybridized carbons (Fsp3) is 0.588. The third kappa shape index (κ3) is 3.76. The lowest BCUT2D eigenvalue weighted by molar-refractivity contribution is -0.143. The highest BCUT2D eigenvalue weighted by atomic mass is 16.5.